The number of methoxy groups -OCH3 is 1. The first-order valence-corrected chi connectivity index (χ1v) is 7.42. The number of nitrogens with one attached hydrogen (secondary N) is 2. The van der Waals surface area contributed by atoms with Crippen LogP contribution in [0.5, 0.6) is 5.75 Å². The number of H-pyrrole nitrogens is 1. The second kappa shape index (κ2) is 9.02. The van der Waals surface area contributed by atoms with Crippen LogP contribution in [0, 0.1) is 0 Å². The fourth-order valence-electron chi connectivity index (χ4n) is 2.10. The van der Waals surface area contributed by atoms with Gasteiger partial charge >= 0.3 is 0 Å². The molecule has 0 spiro atoms. The lowest BCUT2D eigenvalue weighted by Gasteiger charge is -2.04. The monoisotopic (exact) mass is 450 g/mol. The van der Waals surface area contributed by atoms with E-state index in [9.17, 15) is 0 Å². The van der Waals surface area contributed by atoms with Crippen LogP contribution >= 0.6 is 24.0 Å². The molecule has 0 unspecified atom stereocenters. The summed E-state index contributed by atoms with van der Waals surface area (Å²) in [5.41, 5.74) is 7.65. The molecule has 2 aromatic carbocycles. The minimum Gasteiger partial charge on any atom is -0.497 e. The van der Waals surface area contributed by atoms with Crippen LogP contribution in [0.1, 0.15) is 5.82 Å². The highest BCUT2D eigenvalue weighted by atomic mass is 127. The van der Waals surface area contributed by atoms with Gasteiger partial charge in [0.2, 0.25) is 0 Å². The molecule has 130 valence electrons. The molecule has 1 aromatic heterocycles. The van der Waals surface area contributed by atoms with Crippen molar-refractivity contribution in [1.82, 2.24) is 15.2 Å². The number of anilines is 1. The maximum Gasteiger partial charge on any atom is 0.193 e. The van der Waals surface area contributed by atoms with Gasteiger partial charge in [0.05, 0.1) is 7.11 Å². The summed E-state index contributed by atoms with van der Waals surface area (Å²) in [7, 11) is 1.63. The number of aliphatic imine (C=N–C) groups is 1. The van der Waals surface area contributed by atoms with Crippen molar-refractivity contribution < 1.29 is 4.74 Å². The van der Waals surface area contributed by atoms with Crippen LogP contribution in [0.2, 0.25) is 0 Å². The molecule has 25 heavy (non-hydrogen) atoms. The Morgan fingerprint density at radius 2 is 1.88 bits per heavy atom. The van der Waals surface area contributed by atoms with Crippen molar-refractivity contribution in [2.45, 2.75) is 6.54 Å². The Labute approximate surface area is 162 Å². The molecule has 8 heteroatoms. The van der Waals surface area contributed by atoms with Gasteiger partial charge in [-0.15, -0.1) is 24.0 Å². The van der Waals surface area contributed by atoms with Crippen LogP contribution in [0.3, 0.4) is 0 Å². The second-order valence-electron chi connectivity index (χ2n) is 5.03. The summed E-state index contributed by atoms with van der Waals surface area (Å²) in [6, 6.07) is 17.2. The highest BCUT2D eigenvalue weighted by molar-refractivity contribution is 14.0. The third kappa shape index (κ3) is 5.18. The van der Waals surface area contributed by atoms with Gasteiger partial charge in [-0.3, -0.25) is 5.10 Å². The fourth-order valence-corrected chi connectivity index (χ4v) is 2.10. The molecule has 0 saturated heterocycles. The van der Waals surface area contributed by atoms with Gasteiger partial charge < -0.3 is 15.8 Å². The zero-order chi connectivity index (χ0) is 16.8. The first-order chi connectivity index (χ1) is 11.7. The van der Waals surface area contributed by atoms with Crippen molar-refractivity contribution >= 4 is 35.6 Å². The second-order valence-corrected chi connectivity index (χ2v) is 5.03. The highest BCUT2D eigenvalue weighted by Gasteiger charge is 2.06. The molecular formula is C17H19IN6O. The molecule has 0 saturated carbocycles. The Hall–Kier alpha value is -2.62. The van der Waals surface area contributed by atoms with Gasteiger partial charge in [0.15, 0.2) is 11.8 Å². The number of benzene rings is 2. The van der Waals surface area contributed by atoms with Crippen LogP contribution in [0.4, 0.5) is 5.69 Å². The van der Waals surface area contributed by atoms with E-state index in [1.54, 1.807) is 7.11 Å². The Morgan fingerprint density at radius 1 is 1.16 bits per heavy atom. The molecule has 7 nitrogen and oxygen atoms in total. The van der Waals surface area contributed by atoms with E-state index in [4.69, 9.17) is 10.5 Å². The molecule has 0 amide bonds. The number of hydrogen-bond donors (Lipinski definition) is 3. The van der Waals surface area contributed by atoms with E-state index in [0.717, 1.165) is 17.0 Å². The van der Waals surface area contributed by atoms with Crippen LogP contribution in [-0.4, -0.2) is 28.3 Å². The highest BCUT2D eigenvalue weighted by Crippen LogP contribution is 2.19. The van der Waals surface area contributed by atoms with Gasteiger partial charge in [0.25, 0.3) is 0 Å². The van der Waals surface area contributed by atoms with Crippen molar-refractivity contribution in [3.8, 4) is 17.1 Å². The number of aromatic amines is 1. The van der Waals surface area contributed by atoms with Crippen LogP contribution in [0.15, 0.2) is 59.6 Å². The lowest BCUT2D eigenvalue weighted by molar-refractivity contribution is 0.415. The van der Waals surface area contributed by atoms with Crippen molar-refractivity contribution in [2.75, 3.05) is 12.4 Å². The zero-order valence-electron chi connectivity index (χ0n) is 13.6. The Morgan fingerprint density at radius 3 is 2.56 bits per heavy atom. The summed E-state index contributed by atoms with van der Waals surface area (Å²) >= 11 is 0. The topological polar surface area (TPSA) is 101 Å². The third-order valence-electron chi connectivity index (χ3n) is 3.33. The van der Waals surface area contributed by atoms with Gasteiger partial charge in [-0.25, -0.2) is 9.98 Å². The standard InChI is InChI=1S/C17H18N6O.HI/c1-24-14-9-7-12(8-10-14)16-21-15(22-23-16)11-19-17(18)20-13-5-3-2-4-6-13;/h2-10H,11H2,1H3,(H3,18,19,20)(H,21,22,23);1H. The van der Waals surface area contributed by atoms with Crippen molar-refractivity contribution in [2.24, 2.45) is 10.7 Å². The maximum absolute atomic E-state index is 5.87. The van der Waals surface area contributed by atoms with Gasteiger partial charge in [-0.2, -0.15) is 5.10 Å². The van der Waals surface area contributed by atoms with Crippen LogP contribution < -0.4 is 15.8 Å². The zero-order valence-corrected chi connectivity index (χ0v) is 16.0. The summed E-state index contributed by atoms with van der Waals surface area (Å²) in [6.07, 6.45) is 0. The number of para-hydroxylation sites is 1. The average molecular weight is 450 g/mol. The maximum atomic E-state index is 5.87. The van der Waals surface area contributed by atoms with Crippen LogP contribution in [0.25, 0.3) is 11.4 Å². The van der Waals surface area contributed by atoms with E-state index in [-0.39, 0.29) is 24.0 Å². The molecule has 0 aliphatic heterocycles. The molecule has 1 heterocycles. The number of aromatic nitrogens is 3. The van der Waals surface area contributed by atoms with Gasteiger partial charge in [-0.05, 0) is 36.4 Å². The van der Waals surface area contributed by atoms with Gasteiger partial charge in [0.1, 0.15) is 18.1 Å². The summed E-state index contributed by atoms with van der Waals surface area (Å²) in [4.78, 5) is 8.67. The lowest BCUT2D eigenvalue weighted by atomic mass is 10.2. The third-order valence-corrected chi connectivity index (χ3v) is 3.33. The summed E-state index contributed by atoms with van der Waals surface area (Å²) in [5.74, 6) is 2.36. The summed E-state index contributed by atoms with van der Waals surface area (Å²) in [6.45, 7) is 0.314. The predicted molar refractivity (Wildman–Crippen MR) is 109 cm³/mol. The molecule has 3 rings (SSSR count). The minimum atomic E-state index is 0. The number of guanidine groups is 1. The van der Waals surface area contributed by atoms with E-state index >= 15 is 0 Å². The van der Waals surface area contributed by atoms with E-state index in [1.165, 1.54) is 0 Å². The molecular weight excluding hydrogens is 431 g/mol. The molecule has 0 fully saturated rings. The Kier molecular flexibility index (Phi) is 6.75. The molecule has 0 radical (unpaired) electrons. The number of nitrogens with zero attached hydrogens (tertiary/aromatic N) is 3. The lowest BCUT2D eigenvalue weighted by Crippen LogP contribution is -2.22. The minimum absolute atomic E-state index is 0. The molecule has 0 aliphatic carbocycles. The Balaban J connectivity index is 0.00000225. The largest absolute Gasteiger partial charge is 0.497 e. The number of rotatable bonds is 5. The number of halogens is 1. The van der Waals surface area contributed by atoms with Crippen molar-refractivity contribution in [1.29, 1.82) is 0 Å². The fraction of sp³-hybridized carbons (Fsp3) is 0.118. The molecule has 4 N–H and O–H groups in total. The summed E-state index contributed by atoms with van der Waals surface area (Å²) in [5, 5.41) is 10.1. The molecule has 0 bridgehead atoms. The van der Waals surface area contributed by atoms with Crippen molar-refractivity contribution in [3.63, 3.8) is 0 Å². The van der Waals surface area contributed by atoms with Gasteiger partial charge in [0, 0.05) is 11.3 Å². The van der Waals surface area contributed by atoms with Crippen molar-refractivity contribution in [3.05, 3.63) is 60.4 Å². The number of ether oxygens (including phenoxy) is 1. The number of nitrogens with two attached hydrogens (primary N) is 1. The van der Waals surface area contributed by atoms with Gasteiger partial charge in [-0.1, -0.05) is 18.2 Å². The average Bonchev–Trinajstić information content (AvgIpc) is 3.10. The van der Waals surface area contributed by atoms with E-state index in [1.807, 2.05) is 54.6 Å². The molecule has 0 aliphatic rings. The SMILES string of the molecule is COc1ccc(-c2n[nH]c(CN=C(N)Nc3ccccc3)n2)cc1.I. The first kappa shape index (κ1) is 18.7. The quantitative estimate of drug-likeness (QED) is 0.315. The first-order valence-electron chi connectivity index (χ1n) is 7.42. The van der Waals surface area contributed by atoms with E-state index in [2.05, 4.69) is 25.5 Å². The van der Waals surface area contributed by atoms with E-state index < -0.39 is 0 Å². The normalized spacial score (nSPS) is 10.8. The Bertz CT molecular complexity index is 817. The smallest absolute Gasteiger partial charge is 0.193 e. The summed E-state index contributed by atoms with van der Waals surface area (Å²) < 4.78 is 5.14. The molecule has 0 atom stereocenters. The molecule has 3 aromatic rings. The van der Waals surface area contributed by atoms with E-state index in [0.29, 0.717) is 24.2 Å². The number of hydrogen-bond acceptors (Lipinski definition) is 4. The van der Waals surface area contributed by atoms with Crippen LogP contribution in [-0.2, 0) is 6.54 Å². The predicted octanol–water partition coefficient (Wildman–Crippen LogP) is 3.03.